The Morgan fingerprint density at radius 3 is 2.33 bits per heavy atom. The molecule has 2 aliphatic rings. The third kappa shape index (κ3) is 5.19. The molecular formula is C27H26F2N4O6. The van der Waals surface area contributed by atoms with Crippen molar-refractivity contribution in [3.05, 3.63) is 93.4 Å². The van der Waals surface area contributed by atoms with Crippen LogP contribution < -0.4 is 10.2 Å². The van der Waals surface area contributed by atoms with E-state index in [2.05, 4.69) is 5.10 Å². The molecular weight excluding hydrogens is 514 g/mol. The summed E-state index contributed by atoms with van der Waals surface area (Å²) in [6, 6.07) is 11.9. The second-order valence-corrected chi connectivity index (χ2v) is 9.02. The summed E-state index contributed by atoms with van der Waals surface area (Å²) in [4.78, 5) is 38.2. The number of rotatable bonds is 7. The Kier molecular flexibility index (Phi) is 7.55. The molecule has 0 aliphatic carbocycles. The number of aromatic nitrogens is 2. The molecule has 3 heterocycles. The Morgan fingerprint density at radius 1 is 1.03 bits per heavy atom. The van der Waals surface area contributed by atoms with Crippen LogP contribution in [0.4, 0.5) is 13.6 Å². The van der Waals surface area contributed by atoms with Crippen molar-refractivity contribution in [2.24, 2.45) is 0 Å². The number of hydrogen-bond donors (Lipinski definition) is 0. The third-order valence-electron chi connectivity index (χ3n) is 6.63. The summed E-state index contributed by atoms with van der Waals surface area (Å²) < 4.78 is 45.3. The zero-order chi connectivity index (χ0) is 27.5. The van der Waals surface area contributed by atoms with Gasteiger partial charge in [-0.1, -0.05) is 24.3 Å². The predicted molar refractivity (Wildman–Crippen MR) is 133 cm³/mol. The van der Waals surface area contributed by atoms with Crippen molar-refractivity contribution in [2.45, 2.75) is 31.8 Å². The monoisotopic (exact) mass is 540 g/mol. The third-order valence-corrected chi connectivity index (χ3v) is 6.63. The van der Waals surface area contributed by atoms with Crippen molar-refractivity contribution in [1.29, 1.82) is 0 Å². The average Bonchev–Trinajstić information content (AvgIpc) is 2.92. The summed E-state index contributed by atoms with van der Waals surface area (Å²) in [5.41, 5.74) is 0.185. The number of ether oxygens (including phenoxy) is 3. The van der Waals surface area contributed by atoms with Crippen LogP contribution in [0.2, 0.25) is 0 Å². The van der Waals surface area contributed by atoms with E-state index in [-0.39, 0.29) is 18.1 Å². The first kappa shape index (κ1) is 26.3. The Morgan fingerprint density at radius 2 is 1.69 bits per heavy atom. The molecule has 1 atom stereocenters. The number of carbonyl (C=O) groups excluding carboxylic acids is 2. The highest BCUT2D eigenvalue weighted by Gasteiger charge is 2.46. The number of hydrogen-bond acceptors (Lipinski definition) is 8. The van der Waals surface area contributed by atoms with Gasteiger partial charge in [0.25, 0.3) is 5.91 Å². The van der Waals surface area contributed by atoms with E-state index in [1.807, 2.05) is 5.01 Å². The number of carbonyl (C=O) groups is 2. The number of hydrazine groups is 1. The van der Waals surface area contributed by atoms with E-state index in [0.29, 0.717) is 30.6 Å². The van der Waals surface area contributed by atoms with Gasteiger partial charge in [0.15, 0.2) is 5.69 Å². The Labute approximate surface area is 222 Å². The first-order valence-electron chi connectivity index (χ1n) is 12.5. The fourth-order valence-corrected chi connectivity index (χ4v) is 5.06. The van der Waals surface area contributed by atoms with Gasteiger partial charge in [0.05, 0.1) is 12.8 Å². The van der Waals surface area contributed by atoms with E-state index in [1.165, 1.54) is 34.0 Å². The van der Waals surface area contributed by atoms with Crippen molar-refractivity contribution in [2.75, 3.05) is 26.5 Å². The fourth-order valence-electron chi connectivity index (χ4n) is 5.06. The van der Waals surface area contributed by atoms with Crippen LogP contribution in [0.1, 0.15) is 53.5 Å². The molecule has 39 heavy (non-hydrogen) atoms. The minimum absolute atomic E-state index is 0.0820. The highest BCUT2D eigenvalue weighted by molar-refractivity contribution is 5.95. The van der Waals surface area contributed by atoms with Crippen LogP contribution in [0.5, 0.6) is 5.75 Å². The highest BCUT2D eigenvalue weighted by Crippen LogP contribution is 2.43. The lowest BCUT2D eigenvalue weighted by atomic mass is 9.87. The van der Waals surface area contributed by atoms with Crippen LogP contribution >= 0.6 is 0 Å². The molecule has 1 saturated heterocycles. The van der Waals surface area contributed by atoms with Crippen molar-refractivity contribution < 1.29 is 32.6 Å². The average molecular weight is 541 g/mol. The van der Waals surface area contributed by atoms with Crippen LogP contribution in [-0.4, -0.2) is 58.4 Å². The summed E-state index contributed by atoms with van der Waals surface area (Å²) in [5.74, 6) is -2.55. The van der Waals surface area contributed by atoms with Gasteiger partial charge >= 0.3 is 6.16 Å². The number of fused-ring (bicyclic) bond motifs is 2. The van der Waals surface area contributed by atoms with E-state index < -0.39 is 48.0 Å². The number of halogens is 2. The van der Waals surface area contributed by atoms with Gasteiger partial charge < -0.3 is 14.2 Å². The van der Waals surface area contributed by atoms with Crippen LogP contribution in [-0.2, 0) is 9.47 Å². The maximum absolute atomic E-state index is 14.5. The molecule has 0 unspecified atom stereocenters. The molecule has 2 aromatic carbocycles. The summed E-state index contributed by atoms with van der Waals surface area (Å²) in [7, 11) is 0. The predicted octanol–water partition coefficient (Wildman–Crippen LogP) is 3.83. The van der Waals surface area contributed by atoms with Gasteiger partial charge in [0, 0.05) is 19.0 Å². The van der Waals surface area contributed by atoms with Crippen molar-refractivity contribution >= 4 is 12.1 Å². The van der Waals surface area contributed by atoms with Crippen LogP contribution in [0, 0.1) is 11.6 Å². The lowest BCUT2D eigenvalue weighted by Gasteiger charge is -2.49. The minimum Gasteiger partial charge on any atom is -0.451 e. The summed E-state index contributed by atoms with van der Waals surface area (Å²) in [5, 5.41) is 7.63. The van der Waals surface area contributed by atoms with Gasteiger partial charge in [0.2, 0.25) is 18.0 Å². The van der Waals surface area contributed by atoms with E-state index >= 15 is 0 Å². The molecule has 1 amide bonds. The van der Waals surface area contributed by atoms with E-state index in [9.17, 15) is 23.2 Å². The van der Waals surface area contributed by atoms with Gasteiger partial charge in [-0.05, 0) is 55.2 Å². The zero-order valence-corrected chi connectivity index (χ0v) is 21.1. The molecule has 5 rings (SSSR count). The normalized spacial score (nSPS) is 17.0. The SMILES string of the molecule is CCOC(=O)OCOc1c2n(ncc1=O)[C@@H](C(c1cccc(F)c1)c1cccc(F)c1)N1CCCCN1C2=O. The van der Waals surface area contributed by atoms with Gasteiger partial charge in [-0.25, -0.2) is 18.3 Å². The molecule has 204 valence electrons. The molecule has 0 N–H and O–H groups in total. The van der Waals surface area contributed by atoms with Crippen LogP contribution in [0.3, 0.4) is 0 Å². The van der Waals surface area contributed by atoms with Crippen molar-refractivity contribution in [3.8, 4) is 5.75 Å². The standard InChI is InChI=1S/C27H26F2N4O6/c1-2-37-27(36)39-16-38-24-21(34)15-30-33-23(24)26(35)32-12-4-3-11-31(32)25(33)22(17-7-5-9-19(28)13-17)18-8-6-10-20(29)14-18/h5-10,13-15,22,25H,2-4,11-12,16H2,1H3/t25-/m0/s1. The first-order chi connectivity index (χ1) is 18.9. The quantitative estimate of drug-likeness (QED) is 0.329. The maximum Gasteiger partial charge on any atom is 0.511 e. The second-order valence-electron chi connectivity index (χ2n) is 9.02. The van der Waals surface area contributed by atoms with Gasteiger partial charge in [-0.3, -0.25) is 14.6 Å². The van der Waals surface area contributed by atoms with Crippen LogP contribution in [0.25, 0.3) is 0 Å². The molecule has 2 aliphatic heterocycles. The molecule has 0 bridgehead atoms. The topological polar surface area (TPSA) is 103 Å². The van der Waals surface area contributed by atoms with E-state index in [4.69, 9.17) is 14.2 Å². The minimum atomic E-state index is -0.996. The number of benzene rings is 2. The van der Waals surface area contributed by atoms with E-state index in [1.54, 1.807) is 31.2 Å². The smallest absolute Gasteiger partial charge is 0.451 e. The molecule has 3 aromatic rings. The Balaban J connectivity index is 1.67. The van der Waals surface area contributed by atoms with Crippen molar-refractivity contribution in [1.82, 2.24) is 19.8 Å². The first-order valence-corrected chi connectivity index (χ1v) is 12.5. The van der Waals surface area contributed by atoms with Gasteiger partial charge in [0.1, 0.15) is 17.8 Å². The fraction of sp³-hybridized carbons (Fsp3) is 0.333. The van der Waals surface area contributed by atoms with E-state index in [0.717, 1.165) is 12.6 Å². The zero-order valence-electron chi connectivity index (χ0n) is 21.1. The molecule has 0 spiro atoms. The molecule has 1 aromatic heterocycles. The summed E-state index contributed by atoms with van der Waals surface area (Å²) in [6.45, 7) is 1.83. The number of nitrogens with zero attached hydrogens (tertiary/aromatic N) is 4. The molecule has 1 fully saturated rings. The second kappa shape index (κ2) is 11.2. The molecule has 12 heteroatoms. The molecule has 10 nitrogen and oxygen atoms in total. The van der Waals surface area contributed by atoms with Crippen LogP contribution in [0.15, 0.2) is 59.5 Å². The Bertz CT molecular complexity index is 1400. The van der Waals surface area contributed by atoms with Crippen molar-refractivity contribution in [3.63, 3.8) is 0 Å². The molecule has 0 radical (unpaired) electrons. The number of amides is 1. The highest BCUT2D eigenvalue weighted by atomic mass is 19.1. The Hall–Kier alpha value is -4.32. The lowest BCUT2D eigenvalue weighted by molar-refractivity contribution is -0.104. The molecule has 0 saturated carbocycles. The largest absolute Gasteiger partial charge is 0.511 e. The summed E-state index contributed by atoms with van der Waals surface area (Å²) >= 11 is 0. The maximum atomic E-state index is 14.5. The lowest BCUT2D eigenvalue weighted by Crippen LogP contribution is -2.59. The van der Waals surface area contributed by atoms with Gasteiger partial charge in [-0.15, -0.1) is 0 Å². The summed E-state index contributed by atoms with van der Waals surface area (Å²) in [6.07, 6.45) is 0.689. The van der Waals surface area contributed by atoms with Gasteiger partial charge in [-0.2, -0.15) is 10.1 Å².